The van der Waals surface area contributed by atoms with Crippen molar-refractivity contribution in [2.75, 3.05) is 7.05 Å². The van der Waals surface area contributed by atoms with Crippen molar-refractivity contribution in [1.29, 1.82) is 0 Å². The number of hydrogen-bond acceptors (Lipinski definition) is 7. The number of carbonyl (C=O) groups is 1. The summed E-state index contributed by atoms with van der Waals surface area (Å²) in [6.45, 7) is 1.66. The molecule has 0 fully saturated rings. The Labute approximate surface area is 167 Å². The molecule has 10 nitrogen and oxygen atoms in total. The van der Waals surface area contributed by atoms with Crippen LogP contribution in [0.1, 0.15) is 11.3 Å². The van der Waals surface area contributed by atoms with Crippen molar-refractivity contribution in [3.8, 4) is 5.75 Å². The van der Waals surface area contributed by atoms with Crippen LogP contribution in [-0.4, -0.2) is 38.7 Å². The van der Waals surface area contributed by atoms with Crippen molar-refractivity contribution in [3.05, 3.63) is 68.6 Å². The van der Waals surface area contributed by atoms with Gasteiger partial charge in [0.05, 0.1) is 29.1 Å². The summed E-state index contributed by atoms with van der Waals surface area (Å²) in [6, 6.07) is 7.68. The van der Waals surface area contributed by atoms with Gasteiger partial charge in [0.25, 0.3) is 5.69 Å². The second kappa shape index (κ2) is 8.05. The molecule has 144 valence electrons. The normalized spacial score (nSPS) is 11.0. The van der Waals surface area contributed by atoms with E-state index in [-0.39, 0.29) is 11.4 Å². The maximum atomic E-state index is 12.0. The number of fused-ring (bicyclic) bond motifs is 1. The van der Waals surface area contributed by atoms with Gasteiger partial charge >= 0.3 is 6.09 Å². The molecule has 0 aliphatic heterocycles. The van der Waals surface area contributed by atoms with E-state index in [1.165, 1.54) is 31.5 Å². The Hall–Kier alpha value is -3.47. The van der Waals surface area contributed by atoms with Gasteiger partial charge in [-0.1, -0.05) is 0 Å². The SMILES string of the molecule is Cc1ccc([N+](=O)[O-])cc1OOC(=O)N(C)/N=C/c1cnc2ccc(Br)cn12. The number of hydrazone groups is 1. The van der Waals surface area contributed by atoms with Crippen LogP contribution in [0.3, 0.4) is 0 Å². The predicted molar refractivity (Wildman–Crippen MR) is 103 cm³/mol. The van der Waals surface area contributed by atoms with Crippen molar-refractivity contribution < 1.29 is 19.5 Å². The van der Waals surface area contributed by atoms with Gasteiger partial charge < -0.3 is 0 Å². The van der Waals surface area contributed by atoms with Gasteiger partial charge in [-0.2, -0.15) is 10.1 Å². The fourth-order valence-electron chi connectivity index (χ4n) is 2.19. The van der Waals surface area contributed by atoms with E-state index < -0.39 is 11.0 Å². The van der Waals surface area contributed by atoms with E-state index in [2.05, 4.69) is 26.0 Å². The largest absolute Gasteiger partial charge is 0.472 e. The zero-order valence-corrected chi connectivity index (χ0v) is 16.4. The molecule has 11 heteroatoms. The number of pyridine rings is 1. The molecule has 2 aromatic heterocycles. The Bertz CT molecular complexity index is 1080. The minimum atomic E-state index is -0.905. The highest BCUT2D eigenvalue weighted by atomic mass is 79.9. The smallest absolute Gasteiger partial charge is 0.298 e. The number of rotatable bonds is 5. The molecular weight excluding hydrogens is 434 g/mol. The number of amides is 1. The highest BCUT2D eigenvalue weighted by Gasteiger charge is 2.15. The Morgan fingerprint density at radius 2 is 2.18 bits per heavy atom. The minimum absolute atomic E-state index is 0.0616. The first-order chi connectivity index (χ1) is 13.3. The minimum Gasteiger partial charge on any atom is -0.298 e. The fourth-order valence-corrected chi connectivity index (χ4v) is 2.53. The number of benzene rings is 1. The summed E-state index contributed by atoms with van der Waals surface area (Å²) in [5.74, 6) is 0.0616. The average molecular weight is 448 g/mol. The van der Waals surface area contributed by atoms with E-state index >= 15 is 0 Å². The van der Waals surface area contributed by atoms with E-state index in [1.54, 1.807) is 17.5 Å². The maximum Gasteiger partial charge on any atom is 0.472 e. The number of imidazole rings is 1. The standard InChI is InChI=1S/C17H14BrN5O5/c1-11-3-5-13(23(25)26)7-15(11)27-28-17(24)21(2)20-9-14-8-19-16-6-4-12(18)10-22(14)16/h3-10H,1-2H3/b20-9+. The van der Waals surface area contributed by atoms with Crippen LogP contribution in [0, 0.1) is 17.0 Å². The predicted octanol–water partition coefficient (Wildman–Crippen LogP) is 3.71. The van der Waals surface area contributed by atoms with E-state index in [0.717, 1.165) is 15.1 Å². The number of nitro benzene ring substituents is 1. The number of halogens is 1. The Balaban J connectivity index is 1.66. The molecule has 0 atom stereocenters. The molecule has 0 unspecified atom stereocenters. The van der Waals surface area contributed by atoms with Crippen LogP contribution >= 0.6 is 15.9 Å². The molecule has 3 aromatic rings. The van der Waals surface area contributed by atoms with Crippen molar-refractivity contribution in [3.63, 3.8) is 0 Å². The summed E-state index contributed by atoms with van der Waals surface area (Å²) in [7, 11) is 1.38. The molecule has 3 rings (SSSR count). The highest BCUT2D eigenvalue weighted by Crippen LogP contribution is 2.24. The Morgan fingerprint density at radius 1 is 1.39 bits per heavy atom. The molecule has 0 saturated carbocycles. The molecule has 1 amide bonds. The third kappa shape index (κ3) is 4.26. The van der Waals surface area contributed by atoms with Crippen molar-refractivity contribution in [1.82, 2.24) is 14.4 Å². The zero-order valence-electron chi connectivity index (χ0n) is 14.8. The van der Waals surface area contributed by atoms with Gasteiger partial charge in [-0.05, 0) is 46.6 Å². The number of nitro groups is 1. The molecule has 0 saturated heterocycles. The lowest BCUT2D eigenvalue weighted by molar-refractivity contribution is -0.385. The number of carbonyl (C=O) groups excluding carboxylic acids is 1. The molecule has 0 spiro atoms. The quantitative estimate of drug-likeness (QED) is 0.255. The number of aryl methyl sites for hydroxylation is 1. The summed E-state index contributed by atoms with van der Waals surface area (Å²) in [5, 5.41) is 15.7. The van der Waals surface area contributed by atoms with Gasteiger partial charge in [0.2, 0.25) is 0 Å². The van der Waals surface area contributed by atoms with Crippen LogP contribution in [0.15, 0.2) is 52.3 Å². The Kier molecular flexibility index (Phi) is 5.54. The van der Waals surface area contributed by atoms with Crippen LogP contribution in [0.2, 0.25) is 0 Å². The second-order valence-corrected chi connectivity index (χ2v) is 6.58. The molecule has 2 heterocycles. The maximum absolute atomic E-state index is 12.0. The molecule has 1 aromatic carbocycles. The fraction of sp³-hybridized carbons (Fsp3) is 0.118. The zero-order chi connectivity index (χ0) is 20.3. The molecule has 0 aliphatic carbocycles. The summed E-state index contributed by atoms with van der Waals surface area (Å²) in [5.41, 5.74) is 1.76. The number of hydrogen-bond donors (Lipinski definition) is 0. The lowest BCUT2D eigenvalue weighted by Crippen LogP contribution is -2.24. The summed E-state index contributed by atoms with van der Waals surface area (Å²) >= 11 is 3.38. The number of non-ortho nitro benzene ring substituents is 1. The molecule has 0 bridgehead atoms. The van der Waals surface area contributed by atoms with E-state index in [9.17, 15) is 14.9 Å². The van der Waals surface area contributed by atoms with E-state index in [0.29, 0.717) is 11.3 Å². The van der Waals surface area contributed by atoms with Crippen molar-refractivity contribution in [2.45, 2.75) is 6.92 Å². The molecule has 28 heavy (non-hydrogen) atoms. The average Bonchev–Trinajstić information content (AvgIpc) is 3.07. The van der Waals surface area contributed by atoms with Crippen LogP contribution in [-0.2, 0) is 4.89 Å². The third-order valence-electron chi connectivity index (χ3n) is 3.71. The first-order valence-corrected chi connectivity index (χ1v) is 8.68. The van der Waals surface area contributed by atoms with Crippen molar-refractivity contribution >= 4 is 39.6 Å². The highest BCUT2D eigenvalue weighted by molar-refractivity contribution is 9.10. The van der Waals surface area contributed by atoms with Gasteiger partial charge in [0.1, 0.15) is 5.65 Å². The van der Waals surface area contributed by atoms with Gasteiger partial charge in [-0.15, -0.1) is 0 Å². The summed E-state index contributed by atoms with van der Waals surface area (Å²) in [6.07, 6.45) is 3.95. The van der Waals surface area contributed by atoms with Gasteiger partial charge in [0.15, 0.2) is 5.75 Å². The lowest BCUT2D eigenvalue weighted by atomic mass is 10.2. The van der Waals surface area contributed by atoms with E-state index in [1.807, 2.05) is 18.3 Å². The molecule has 0 aliphatic rings. The monoisotopic (exact) mass is 447 g/mol. The Morgan fingerprint density at radius 3 is 2.93 bits per heavy atom. The van der Waals surface area contributed by atoms with Crippen LogP contribution in [0.5, 0.6) is 5.75 Å². The first kappa shape index (κ1) is 19.3. The van der Waals surface area contributed by atoms with Gasteiger partial charge in [-0.3, -0.25) is 19.4 Å². The lowest BCUT2D eigenvalue weighted by Gasteiger charge is -2.11. The molecule has 0 N–H and O–H groups in total. The molecule has 0 radical (unpaired) electrons. The van der Waals surface area contributed by atoms with Gasteiger partial charge in [0, 0.05) is 23.8 Å². The number of aromatic nitrogens is 2. The van der Waals surface area contributed by atoms with E-state index in [4.69, 9.17) is 9.78 Å². The van der Waals surface area contributed by atoms with Crippen molar-refractivity contribution in [2.24, 2.45) is 5.10 Å². The first-order valence-electron chi connectivity index (χ1n) is 7.89. The number of nitrogens with zero attached hydrogens (tertiary/aromatic N) is 5. The molecular formula is C17H14BrN5O5. The van der Waals surface area contributed by atoms with Gasteiger partial charge in [-0.25, -0.2) is 14.7 Å². The van der Waals surface area contributed by atoms with Crippen LogP contribution < -0.4 is 4.89 Å². The second-order valence-electron chi connectivity index (χ2n) is 5.67. The van der Waals surface area contributed by atoms with Crippen LogP contribution in [0.4, 0.5) is 10.5 Å². The third-order valence-corrected chi connectivity index (χ3v) is 4.18. The van der Waals surface area contributed by atoms with Crippen LogP contribution in [0.25, 0.3) is 5.65 Å². The summed E-state index contributed by atoms with van der Waals surface area (Å²) in [4.78, 5) is 36.2. The summed E-state index contributed by atoms with van der Waals surface area (Å²) < 4.78 is 2.65. The topological polar surface area (TPSA) is 112 Å².